The van der Waals surface area contributed by atoms with E-state index >= 15 is 0 Å². The Morgan fingerprint density at radius 2 is 2.12 bits per heavy atom. The number of nitrogens with two attached hydrogens (primary N) is 1. The molecule has 0 bridgehead atoms. The Bertz CT molecular complexity index is 398. The molecule has 0 radical (unpaired) electrons. The standard InChI is InChI=1S/C9H10F2N2O3/c10-9(11)6(4-12)5-1-2-8(14)7(3-5)13(15)16/h1-3,6,9,14H,4,12H2. The first kappa shape index (κ1) is 12.3. The molecule has 1 aromatic carbocycles. The Hall–Kier alpha value is -1.76. The van der Waals surface area contributed by atoms with Crippen LogP contribution < -0.4 is 5.73 Å². The molecule has 16 heavy (non-hydrogen) atoms. The number of aromatic hydroxyl groups is 1. The van der Waals surface area contributed by atoms with Crippen LogP contribution in [0.25, 0.3) is 0 Å². The fourth-order valence-electron chi connectivity index (χ4n) is 1.30. The van der Waals surface area contributed by atoms with Crippen LogP contribution in [0.1, 0.15) is 11.5 Å². The maximum atomic E-state index is 12.5. The molecule has 1 rings (SSSR count). The van der Waals surface area contributed by atoms with E-state index in [0.717, 1.165) is 12.1 Å². The number of nitro groups is 1. The molecule has 3 N–H and O–H groups in total. The van der Waals surface area contributed by atoms with Crippen molar-refractivity contribution in [3.05, 3.63) is 33.9 Å². The van der Waals surface area contributed by atoms with Gasteiger partial charge in [0.1, 0.15) is 0 Å². The predicted molar refractivity (Wildman–Crippen MR) is 52.6 cm³/mol. The summed E-state index contributed by atoms with van der Waals surface area (Å²) >= 11 is 0. The van der Waals surface area contributed by atoms with E-state index in [9.17, 15) is 18.9 Å². The smallest absolute Gasteiger partial charge is 0.310 e. The summed E-state index contributed by atoms with van der Waals surface area (Å²) in [5, 5.41) is 19.6. The summed E-state index contributed by atoms with van der Waals surface area (Å²) < 4.78 is 25.0. The Morgan fingerprint density at radius 1 is 1.50 bits per heavy atom. The molecule has 88 valence electrons. The van der Waals surface area contributed by atoms with Crippen molar-refractivity contribution in [1.29, 1.82) is 0 Å². The summed E-state index contributed by atoms with van der Waals surface area (Å²) in [7, 11) is 0. The third-order valence-corrected chi connectivity index (χ3v) is 2.18. The van der Waals surface area contributed by atoms with E-state index in [1.54, 1.807) is 0 Å². The fourth-order valence-corrected chi connectivity index (χ4v) is 1.30. The summed E-state index contributed by atoms with van der Waals surface area (Å²) in [6.07, 6.45) is -2.70. The highest BCUT2D eigenvalue weighted by Crippen LogP contribution is 2.31. The van der Waals surface area contributed by atoms with Gasteiger partial charge in [-0.3, -0.25) is 10.1 Å². The van der Waals surface area contributed by atoms with Crippen molar-refractivity contribution in [2.45, 2.75) is 12.3 Å². The summed E-state index contributed by atoms with van der Waals surface area (Å²) in [6, 6.07) is 3.13. The molecule has 0 aliphatic rings. The van der Waals surface area contributed by atoms with Crippen LogP contribution in [-0.4, -0.2) is 23.0 Å². The minimum atomic E-state index is -2.70. The van der Waals surface area contributed by atoms with E-state index in [1.807, 2.05) is 0 Å². The summed E-state index contributed by atoms with van der Waals surface area (Å²) in [5.74, 6) is -1.82. The molecule has 0 saturated heterocycles. The maximum Gasteiger partial charge on any atom is 0.310 e. The van der Waals surface area contributed by atoms with Crippen LogP contribution >= 0.6 is 0 Å². The van der Waals surface area contributed by atoms with E-state index in [4.69, 9.17) is 10.8 Å². The zero-order chi connectivity index (χ0) is 12.3. The molecule has 1 aromatic rings. The molecule has 0 heterocycles. The van der Waals surface area contributed by atoms with Gasteiger partial charge in [-0.15, -0.1) is 0 Å². The number of phenolic OH excluding ortho intramolecular Hbond substituents is 1. The Kier molecular flexibility index (Phi) is 3.73. The van der Waals surface area contributed by atoms with Crippen LogP contribution in [0.4, 0.5) is 14.5 Å². The molecule has 0 aromatic heterocycles. The van der Waals surface area contributed by atoms with Gasteiger partial charge in [0, 0.05) is 12.6 Å². The van der Waals surface area contributed by atoms with Crippen molar-refractivity contribution in [2.24, 2.45) is 5.73 Å². The summed E-state index contributed by atoms with van der Waals surface area (Å²) in [6.45, 7) is -0.320. The van der Waals surface area contributed by atoms with Crippen LogP contribution in [0.3, 0.4) is 0 Å². The highest BCUT2D eigenvalue weighted by Gasteiger charge is 2.24. The summed E-state index contributed by atoms with van der Waals surface area (Å²) in [5.41, 5.74) is 4.60. The fraction of sp³-hybridized carbons (Fsp3) is 0.333. The average molecular weight is 232 g/mol. The normalized spacial score (nSPS) is 12.8. The molecular weight excluding hydrogens is 222 g/mol. The molecule has 5 nitrogen and oxygen atoms in total. The van der Waals surface area contributed by atoms with E-state index in [-0.39, 0.29) is 12.1 Å². The monoisotopic (exact) mass is 232 g/mol. The lowest BCUT2D eigenvalue weighted by Gasteiger charge is -2.13. The summed E-state index contributed by atoms with van der Waals surface area (Å²) in [4.78, 5) is 9.65. The van der Waals surface area contributed by atoms with Gasteiger partial charge >= 0.3 is 5.69 Å². The second-order valence-corrected chi connectivity index (χ2v) is 3.18. The number of hydrogen-bond donors (Lipinski definition) is 2. The van der Waals surface area contributed by atoms with Crippen molar-refractivity contribution >= 4 is 5.69 Å². The second-order valence-electron chi connectivity index (χ2n) is 3.18. The van der Waals surface area contributed by atoms with Crippen LogP contribution in [0.15, 0.2) is 18.2 Å². The van der Waals surface area contributed by atoms with Gasteiger partial charge in [-0.1, -0.05) is 6.07 Å². The lowest BCUT2D eigenvalue weighted by molar-refractivity contribution is -0.385. The quantitative estimate of drug-likeness (QED) is 0.609. The largest absolute Gasteiger partial charge is 0.502 e. The number of nitro benzene ring substituents is 1. The second kappa shape index (κ2) is 4.84. The van der Waals surface area contributed by atoms with Crippen LogP contribution in [0.2, 0.25) is 0 Å². The first-order valence-electron chi connectivity index (χ1n) is 4.43. The van der Waals surface area contributed by atoms with Crippen LogP contribution in [0.5, 0.6) is 5.75 Å². The van der Waals surface area contributed by atoms with Crippen molar-refractivity contribution < 1.29 is 18.8 Å². The van der Waals surface area contributed by atoms with Crippen molar-refractivity contribution in [1.82, 2.24) is 0 Å². The average Bonchev–Trinajstić information content (AvgIpc) is 2.20. The number of hydrogen-bond acceptors (Lipinski definition) is 4. The molecule has 7 heteroatoms. The van der Waals surface area contributed by atoms with E-state index < -0.39 is 28.7 Å². The molecule has 0 aliphatic carbocycles. The van der Waals surface area contributed by atoms with Crippen LogP contribution in [0, 0.1) is 10.1 Å². The zero-order valence-electron chi connectivity index (χ0n) is 8.14. The number of rotatable bonds is 4. The minimum Gasteiger partial charge on any atom is -0.502 e. The molecular formula is C9H10F2N2O3. The van der Waals surface area contributed by atoms with Gasteiger partial charge in [-0.2, -0.15) is 0 Å². The molecule has 0 spiro atoms. The minimum absolute atomic E-state index is 0.0435. The van der Waals surface area contributed by atoms with Gasteiger partial charge in [-0.25, -0.2) is 8.78 Å². The Balaban J connectivity index is 3.15. The third-order valence-electron chi connectivity index (χ3n) is 2.18. The van der Waals surface area contributed by atoms with Gasteiger partial charge in [0.25, 0.3) is 0 Å². The van der Waals surface area contributed by atoms with E-state index in [0.29, 0.717) is 0 Å². The van der Waals surface area contributed by atoms with Crippen molar-refractivity contribution in [3.8, 4) is 5.75 Å². The number of alkyl halides is 2. The van der Waals surface area contributed by atoms with Gasteiger partial charge < -0.3 is 10.8 Å². The number of benzene rings is 1. The van der Waals surface area contributed by atoms with Gasteiger partial charge in [-0.05, 0) is 11.6 Å². The van der Waals surface area contributed by atoms with E-state index in [1.165, 1.54) is 6.07 Å². The predicted octanol–water partition coefficient (Wildman–Crippen LogP) is 1.61. The Morgan fingerprint density at radius 3 is 2.56 bits per heavy atom. The van der Waals surface area contributed by atoms with E-state index in [2.05, 4.69) is 0 Å². The molecule has 0 amide bonds. The Labute approximate surface area is 89.6 Å². The highest BCUT2D eigenvalue weighted by molar-refractivity contribution is 5.48. The third kappa shape index (κ3) is 2.43. The molecule has 1 unspecified atom stereocenters. The van der Waals surface area contributed by atoms with Gasteiger partial charge in [0.15, 0.2) is 5.75 Å². The first-order chi connectivity index (χ1) is 7.47. The lowest BCUT2D eigenvalue weighted by atomic mass is 9.99. The number of phenols is 1. The molecule has 1 atom stereocenters. The molecule has 0 fully saturated rings. The van der Waals surface area contributed by atoms with Crippen molar-refractivity contribution in [2.75, 3.05) is 6.54 Å². The molecule has 0 aliphatic heterocycles. The van der Waals surface area contributed by atoms with Crippen LogP contribution in [-0.2, 0) is 0 Å². The van der Waals surface area contributed by atoms with Gasteiger partial charge in [0.2, 0.25) is 6.43 Å². The SMILES string of the molecule is NCC(c1ccc(O)c([N+](=O)[O-])c1)C(F)F. The molecule has 0 saturated carbocycles. The highest BCUT2D eigenvalue weighted by atomic mass is 19.3. The lowest BCUT2D eigenvalue weighted by Crippen LogP contribution is -2.19. The topological polar surface area (TPSA) is 89.4 Å². The number of halogens is 2. The zero-order valence-corrected chi connectivity index (χ0v) is 8.14. The van der Waals surface area contributed by atoms with Gasteiger partial charge in [0.05, 0.1) is 10.8 Å². The maximum absolute atomic E-state index is 12.5. The first-order valence-corrected chi connectivity index (χ1v) is 4.43. The number of nitrogens with zero attached hydrogens (tertiary/aromatic N) is 1. The van der Waals surface area contributed by atoms with Crippen molar-refractivity contribution in [3.63, 3.8) is 0 Å².